The van der Waals surface area contributed by atoms with E-state index in [2.05, 4.69) is 9.44 Å². The minimum atomic E-state index is -3.27. The van der Waals surface area contributed by atoms with E-state index in [-0.39, 0.29) is 5.91 Å². The summed E-state index contributed by atoms with van der Waals surface area (Å²) in [6.45, 7) is 1.41. The SMILES string of the molecule is CC(=O)NSc1cccc(NS(C)(=O)=O)c1. The lowest BCUT2D eigenvalue weighted by Crippen LogP contribution is -2.11. The van der Waals surface area contributed by atoms with Crippen molar-refractivity contribution in [2.24, 2.45) is 0 Å². The molecule has 5 nitrogen and oxygen atoms in total. The summed E-state index contributed by atoms with van der Waals surface area (Å²) in [4.78, 5) is 11.4. The number of amides is 1. The van der Waals surface area contributed by atoms with Crippen LogP contribution in [0.4, 0.5) is 5.69 Å². The van der Waals surface area contributed by atoms with Gasteiger partial charge in [-0.15, -0.1) is 0 Å². The molecule has 0 fully saturated rings. The van der Waals surface area contributed by atoms with Gasteiger partial charge in [-0.2, -0.15) is 0 Å². The lowest BCUT2D eigenvalue weighted by molar-refractivity contribution is -0.117. The van der Waals surface area contributed by atoms with E-state index in [0.717, 1.165) is 23.1 Å². The molecule has 1 rings (SSSR count). The van der Waals surface area contributed by atoms with Crippen LogP contribution in [0.5, 0.6) is 0 Å². The first-order chi connectivity index (χ1) is 7.37. The number of anilines is 1. The second-order valence-electron chi connectivity index (χ2n) is 3.16. The number of sulfonamides is 1. The molecule has 0 atom stereocenters. The lowest BCUT2D eigenvalue weighted by Gasteiger charge is -2.06. The third kappa shape index (κ3) is 5.04. The van der Waals surface area contributed by atoms with Crippen molar-refractivity contribution >= 4 is 33.6 Å². The standard InChI is InChI=1S/C9H12N2O3S2/c1-7(12)10-15-9-5-3-4-8(6-9)11-16(2,13)14/h3-6,11H,1-2H3,(H,10,12). The van der Waals surface area contributed by atoms with Crippen LogP contribution in [-0.4, -0.2) is 20.6 Å². The second kappa shape index (κ2) is 5.22. The van der Waals surface area contributed by atoms with Gasteiger partial charge in [-0.3, -0.25) is 14.2 Å². The third-order valence-corrected chi connectivity index (χ3v) is 2.94. The molecule has 1 aromatic rings. The minimum Gasteiger partial charge on any atom is -0.296 e. The maximum Gasteiger partial charge on any atom is 0.229 e. The zero-order chi connectivity index (χ0) is 12.2. The molecule has 88 valence electrons. The van der Waals surface area contributed by atoms with Crippen LogP contribution in [0.3, 0.4) is 0 Å². The Kier molecular flexibility index (Phi) is 4.19. The topological polar surface area (TPSA) is 75.3 Å². The first-order valence-corrected chi connectivity index (χ1v) is 7.09. The summed E-state index contributed by atoms with van der Waals surface area (Å²) in [5, 5.41) is 0. The molecule has 0 saturated heterocycles. The molecule has 0 saturated carbocycles. The molecule has 16 heavy (non-hydrogen) atoms. The van der Waals surface area contributed by atoms with E-state index in [1.807, 2.05) is 0 Å². The minimum absolute atomic E-state index is 0.161. The van der Waals surface area contributed by atoms with Crippen LogP contribution in [0.1, 0.15) is 6.92 Å². The Morgan fingerprint density at radius 2 is 2.06 bits per heavy atom. The average Bonchev–Trinajstić information content (AvgIpc) is 2.12. The third-order valence-electron chi connectivity index (χ3n) is 1.45. The van der Waals surface area contributed by atoms with Crippen molar-refractivity contribution in [3.63, 3.8) is 0 Å². The summed E-state index contributed by atoms with van der Waals surface area (Å²) in [7, 11) is -3.27. The van der Waals surface area contributed by atoms with Gasteiger partial charge in [-0.1, -0.05) is 6.07 Å². The van der Waals surface area contributed by atoms with Gasteiger partial charge in [0.05, 0.1) is 6.26 Å². The number of rotatable bonds is 4. The van der Waals surface area contributed by atoms with Crippen molar-refractivity contribution in [3.8, 4) is 0 Å². The molecule has 7 heteroatoms. The summed E-state index contributed by atoms with van der Waals surface area (Å²) < 4.78 is 26.9. The van der Waals surface area contributed by atoms with Gasteiger partial charge in [0.1, 0.15) is 0 Å². The number of carbonyl (C=O) groups excluding carboxylic acids is 1. The van der Waals surface area contributed by atoms with E-state index in [1.54, 1.807) is 24.3 Å². The highest BCUT2D eigenvalue weighted by molar-refractivity contribution is 7.98. The fourth-order valence-electron chi connectivity index (χ4n) is 0.968. The first kappa shape index (κ1) is 12.9. The molecule has 0 aliphatic heterocycles. The lowest BCUT2D eigenvalue weighted by atomic mass is 10.3. The molecule has 0 aliphatic rings. The second-order valence-corrected chi connectivity index (χ2v) is 5.79. The maximum absolute atomic E-state index is 11.0. The number of hydrogen-bond acceptors (Lipinski definition) is 4. The summed E-state index contributed by atoms with van der Waals surface area (Å²) in [6.07, 6.45) is 1.08. The molecule has 0 aromatic heterocycles. The first-order valence-electron chi connectivity index (χ1n) is 4.38. The molecular formula is C9H12N2O3S2. The van der Waals surface area contributed by atoms with Crippen LogP contribution in [-0.2, 0) is 14.8 Å². The summed E-state index contributed by atoms with van der Waals surface area (Å²) >= 11 is 1.13. The fourth-order valence-corrected chi connectivity index (χ4v) is 2.12. The Hall–Kier alpha value is -1.21. The zero-order valence-corrected chi connectivity index (χ0v) is 10.5. The molecule has 2 N–H and O–H groups in total. The normalized spacial score (nSPS) is 10.9. The Labute approximate surface area is 98.8 Å². The summed E-state index contributed by atoms with van der Waals surface area (Å²) in [5.41, 5.74) is 0.470. The summed E-state index contributed by atoms with van der Waals surface area (Å²) in [5.74, 6) is -0.161. The molecule has 1 amide bonds. The van der Waals surface area contributed by atoms with Crippen LogP contribution in [0.25, 0.3) is 0 Å². The van der Waals surface area contributed by atoms with Crippen molar-refractivity contribution in [3.05, 3.63) is 24.3 Å². The molecule has 0 unspecified atom stereocenters. The quantitative estimate of drug-likeness (QED) is 0.798. The number of carbonyl (C=O) groups is 1. The van der Waals surface area contributed by atoms with Gasteiger partial charge in [-0.25, -0.2) is 8.42 Å². The van der Waals surface area contributed by atoms with Gasteiger partial charge in [0, 0.05) is 17.5 Å². The monoisotopic (exact) mass is 260 g/mol. The van der Waals surface area contributed by atoms with Crippen molar-refractivity contribution in [1.29, 1.82) is 0 Å². The molecule has 0 spiro atoms. The van der Waals surface area contributed by atoms with E-state index in [0.29, 0.717) is 5.69 Å². The highest BCUT2D eigenvalue weighted by Crippen LogP contribution is 2.19. The van der Waals surface area contributed by atoms with E-state index >= 15 is 0 Å². The van der Waals surface area contributed by atoms with Crippen molar-refractivity contribution in [2.45, 2.75) is 11.8 Å². The van der Waals surface area contributed by atoms with E-state index < -0.39 is 10.0 Å². The largest absolute Gasteiger partial charge is 0.296 e. The van der Waals surface area contributed by atoms with Crippen molar-refractivity contribution in [1.82, 2.24) is 4.72 Å². The smallest absolute Gasteiger partial charge is 0.229 e. The number of benzene rings is 1. The summed E-state index contributed by atoms with van der Waals surface area (Å²) in [6, 6.07) is 6.76. The predicted molar refractivity (Wildman–Crippen MR) is 64.6 cm³/mol. The predicted octanol–water partition coefficient (Wildman–Crippen LogP) is 1.20. The zero-order valence-electron chi connectivity index (χ0n) is 8.85. The van der Waals surface area contributed by atoms with E-state index in [4.69, 9.17) is 0 Å². The maximum atomic E-state index is 11.0. The molecule has 0 heterocycles. The number of nitrogens with one attached hydrogen (secondary N) is 2. The van der Waals surface area contributed by atoms with Crippen molar-refractivity contribution in [2.75, 3.05) is 11.0 Å². The van der Waals surface area contributed by atoms with Gasteiger partial charge in [-0.05, 0) is 30.1 Å². The van der Waals surface area contributed by atoms with E-state index in [9.17, 15) is 13.2 Å². The molecule has 0 bridgehead atoms. The van der Waals surface area contributed by atoms with Crippen LogP contribution in [0, 0.1) is 0 Å². The van der Waals surface area contributed by atoms with Gasteiger partial charge < -0.3 is 0 Å². The molecule has 1 aromatic carbocycles. The number of hydrogen-bond donors (Lipinski definition) is 2. The fraction of sp³-hybridized carbons (Fsp3) is 0.222. The van der Waals surface area contributed by atoms with Gasteiger partial charge in [0.2, 0.25) is 15.9 Å². The van der Waals surface area contributed by atoms with Crippen molar-refractivity contribution < 1.29 is 13.2 Å². The van der Waals surface area contributed by atoms with Crippen LogP contribution >= 0.6 is 11.9 Å². The molecular weight excluding hydrogens is 248 g/mol. The Bertz CT molecular complexity index is 485. The van der Waals surface area contributed by atoms with Crippen LogP contribution in [0.2, 0.25) is 0 Å². The van der Waals surface area contributed by atoms with Gasteiger partial charge >= 0.3 is 0 Å². The van der Waals surface area contributed by atoms with Crippen LogP contribution < -0.4 is 9.44 Å². The van der Waals surface area contributed by atoms with E-state index in [1.165, 1.54) is 6.92 Å². The molecule has 0 radical (unpaired) electrons. The Balaban J connectivity index is 2.75. The highest BCUT2D eigenvalue weighted by Gasteiger charge is 2.03. The average molecular weight is 260 g/mol. The van der Waals surface area contributed by atoms with Gasteiger partial charge in [0.25, 0.3) is 0 Å². The Morgan fingerprint density at radius 1 is 1.38 bits per heavy atom. The van der Waals surface area contributed by atoms with Gasteiger partial charge in [0.15, 0.2) is 0 Å². The highest BCUT2D eigenvalue weighted by atomic mass is 32.2. The molecule has 0 aliphatic carbocycles. The van der Waals surface area contributed by atoms with Crippen LogP contribution in [0.15, 0.2) is 29.2 Å². The Morgan fingerprint density at radius 3 is 2.62 bits per heavy atom.